The van der Waals surface area contributed by atoms with Gasteiger partial charge in [0, 0.05) is 56.0 Å². The maximum absolute atomic E-state index is 5.52. The van der Waals surface area contributed by atoms with Crippen LogP contribution in [0.4, 0.5) is 0 Å². The van der Waals surface area contributed by atoms with E-state index < -0.39 is 0 Å². The second kappa shape index (κ2) is 8.14. The van der Waals surface area contributed by atoms with Crippen LogP contribution in [-0.4, -0.2) is 41.1 Å². The predicted octanol–water partition coefficient (Wildman–Crippen LogP) is 2.90. The van der Waals surface area contributed by atoms with Crippen LogP contribution in [0, 0.1) is 0 Å². The summed E-state index contributed by atoms with van der Waals surface area (Å²) in [5, 5.41) is 3.46. The molecule has 26 heavy (non-hydrogen) atoms. The lowest BCUT2D eigenvalue weighted by Gasteiger charge is -2.29. The van der Waals surface area contributed by atoms with Gasteiger partial charge in [0.25, 0.3) is 0 Å². The van der Waals surface area contributed by atoms with Gasteiger partial charge in [0.2, 0.25) is 0 Å². The van der Waals surface area contributed by atoms with Gasteiger partial charge in [0.05, 0.1) is 6.61 Å². The van der Waals surface area contributed by atoms with Gasteiger partial charge < -0.3 is 10.1 Å². The van der Waals surface area contributed by atoms with Gasteiger partial charge in [0.15, 0.2) is 0 Å². The van der Waals surface area contributed by atoms with Gasteiger partial charge >= 0.3 is 0 Å². The van der Waals surface area contributed by atoms with E-state index in [1.165, 1.54) is 29.7 Å². The molecule has 4 rings (SSSR count). The van der Waals surface area contributed by atoms with Crippen molar-refractivity contribution in [2.24, 2.45) is 0 Å². The van der Waals surface area contributed by atoms with E-state index in [1.54, 1.807) is 0 Å². The summed E-state index contributed by atoms with van der Waals surface area (Å²) in [6.07, 6.45) is 5.51. The molecule has 0 saturated carbocycles. The molecule has 5 nitrogen and oxygen atoms in total. The van der Waals surface area contributed by atoms with Crippen molar-refractivity contribution in [1.82, 2.24) is 20.2 Å². The Hall–Kier alpha value is -1.98. The summed E-state index contributed by atoms with van der Waals surface area (Å²) in [7, 11) is 0. The molecular formula is C21H28N4O. The Morgan fingerprint density at radius 3 is 2.92 bits per heavy atom. The summed E-state index contributed by atoms with van der Waals surface area (Å²) in [5.41, 5.74) is 3.86. The zero-order chi connectivity index (χ0) is 17.8. The molecule has 1 atom stereocenters. The summed E-state index contributed by atoms with van der Waals surface area (Å²) < 4.78 is 5.52. The van der Waals surface area contributed by atoms with Crippen molar-refractivity contribution in [2.75, 3.05) is 26.2 Å². The molecule has 138 valence electrons. The molecule has 0 amide bonds. The quantitative estimate of drug-likeness (QED) is 0.897. The first-order valence-corrected chi connectivity index (χ1v) is 9.81. The van der Waals surface area contributed by atoms with Crippen LogP contribution in [0.3, 0.4) is 0 Å². The molecule has 0 unspecified atom stereocenters. The Labute approximate surface area is 155 Å². The number of piperidine rings is 1. The molecule has 0 radical (unpaired) electrons. The fourth-order valence-electron chi connectivity index (χ4n) is 3.91. The van der Waals surface area contributed by atoms with Gasteiger partial charge in [-0.2, -0.15) is 0 Å². The molecule has 1 aromatic carbocycles. The summed E-state index contributed by atoms with van der Waals surface area (Å²) in [4.78, 5) is 12.1. The van der Waals surface area contributed by atoms with Crippen molar-refractivity contribution in [3.8, 4) is 5.75 Å². The number of ether oxygens (including phenoxy) is 1. The van der Waals surface area contributed by atoms with Crippen molar-refractivity contribution in [2.45, 2.75) is 45.2 Å². The largest absolute Gasteiger partial charge is 0.494 e. The zero-order valence-electron chi connectivity index (χ0n) is 15.6. The maximum atomic E-state index is 5.52. The molecule has 1 aromatic heterocycles. The van der Waals surface area contributed by atoms with Crippen LogP contribution in [0.2, 0.25) is 0 Å². The number of nitrogens with zero attached hydrogens (tertiary/aromatic N) is 3. The van der Waals surface area contributed by atoms with Gasteiger partial charge in [0.1, 0.15) is 11.6 Å². The van der Waals surface area contributed by atoms with E-state index in [0.717, 1.165) is 50.7 Å². The van der Waals surface area contributed by atoms with Crippen molar-refractivity contribution in [1.29, 1.82) is 0 Å². The fourth-order valence-corrected chi connectivity index (χ4v) is 3.91. The normalized spacial score (nSPS) is 20.6. The number of hydrogen-bond acceptors (Lipinski definition) is 5. The third-order valence-electron chi connectivity index (χ3n) is 5.33. The lowest BCUT2D eigenvalue weighted by molar-refractivity contribution is 0.242. The van der Waals surface area contributed by atoms with Crippen molar-refractivity contribution < 1.29 is 4.74 Å². The lowest BCUT2D eigenvalue weighted by Crippen LogP contribution is -2.32. The highest BCUT2D eigenvalue weighted by molar-refractivity contribution is 5.28. The molecule has 1 saturated heterocycles. The third kappa shape index (κ3) is 4.05. The maximum Gasteiger partial charge on any atom is 0.132 e. The van der Waals surface area contributed by atoms with E-state index >= 15 is 0 Å². The first kappa shape index (κ1) is 17.4. The lowest BCUT2D eigenvalue weighted by atomic mass is 9.98. The summed E-state index contributed by atoms with van der Waals surface area (Å²) in [5.74, 6) is 2.46. The molecule has 1 fully saturated rings. The topological polar surface area (TPSA) is 50.3 Å². The van der Waals surface area contributed by atoms with Crippen LogP contribution < -0.4 is 10.1 Å². The Balaban J connectivity index is 1.39. The molecule has 3 heterocycles. The van der Waals surface area contributed by atoms with E-state index in [0.29, 0.717) is 12.5 Å². The average molecular weight is 352 g/mol. The minimum atomic E-state index is 0.482. The Kier molecular flexibility index (Phi) is 5.46. The highest BCUT2D eigenvalue weighted by Crippen LogP contribution is 2.24. The van der Waals surface area contributed by atoms with E-state index in [2.05, 4.69) is 40.7 Å². The minimum Gasteiger partial charge on any atom is -0.494 e. The molecule has 2 aliphatic heterocycles. The monoisotopic (exact) mass is 352 g/mol. The Bertz CT molecular complexity index is 725. The minimum absolute atomic E-state index is 0.482. The van der Waals surface area contributed by atoms with Gasteiger partial charge in [-0.3, -0.25) is 4.90 Å². The van der Waals surface area contributed by atoms with Crippen LogP contribution in [0.15, 0.2) is 30.5 Å². The molecule has 1 N–H and O–H groups in total. The van der Waals surface area contributed by atoms with Crippen LogP contribution in [-0.2, 0) is 19.5 Å². The van der Waals surface area contributed by atoms with Crippen molar-refractivity contribution in [3.63, 3.8) is 0 Å². The van der Waals surface area contributed by atoms with Crippen LogP contribution >= 0.6 is 0 Å². The molecule has 2 aromatic rings. The predicted molar refractivity (Wildman–Crippen MR) is 102 cm³/mol. The highest BCUT2D eigenvalue weighted by atomic mass is 16.5. The number of benzene rings is 1. The molecule has 0 spiro atoms. The van der Waals surface area contributed by atoms with Crippen LogP contribution in [0.25, 0.3) is 0 Å². The molecule has 2 aliphatic rings. The Morgan fingerprint density at radius 2 is 2.15 bits per heavy atom. The third-order valence-corrected chi connectivity index (χ3v) is 5.33. The molecule has 0 aliphatic carbocycles. The Morgan fingerprint density at radius 1 is 1.27 bits per heavy atom. The van der Waals surface area contributed by atoms with Gasteiger partial charge in [-0.25, -0.2) is 9.97 Å². The molecule has 5 heteroatoms. The van der Waals surface area contributed by atoms with Gasteiger partial charge in [-0.1, -0.05) is 12.1 Å². The van der Waals surface area contributed by atoms with E-state index in [-0.39, 0.29) is 0 Å². The summed E-state index contributed by atoms with van der Waals surface area (Å²) in [6, 6.07) is 8.45. The average Bonchev–Trinajstić information content (AvgIpc) is 2.70. The van der Waals surface area contributed by atoms with Gasteiger partial charge in [-0.05, 0) is 44.0 Å². The van der Waals surface area contributed by atoms with Crippen molar-refractivity contribution in [3.05, 3.63) is 53.1 Å². The summed E-state index contributed by atoms with van der Waals surface area (Å²) in [6.45, 7) is 7.81. The molecule has 0 bridgehead atoms. The molecular weight excluding hydrogens is 324 g/mol. The van der Waals surface area contributed by atoms with E-state index in [1.807, 2.05) is 6.92 Å². The summed E-state index contributed by atoms with van der Waals surface area (Å²) >= 11 is 0. The highest BCUT2D eigenvalue weighted by Gasteiger charge is 2.22. The first-order valence-electron chi connectivity index (χ1n) is 9.81. The second-order valence-electron chi connectivity index (χ2n) is 7.28. The number of aromatic nitrogens is 2. The number of fused-ring (bicyclic) bond motifs is 1. The van der Waals surface area contributed by atoms with Crippen molar-refractivity contribution >= 4 is 0 Å². The SMILES string of the molecule is CCOc1ccc(CN2CCc3nc([C@@H]4CCCNC4)ncc3C2)cc1. The van der Waals surface area contributed by atoms with Crippen LogP contribution in [0.1, 0.15) is 48.3 Å². The zero-order valence-corrected chi connectivity index (χ0v) is 15.6. The van der Waals surface area contributed by atoms with Gasteiger partial charge in [-0.15, -0.1) is 0 Å². The second-order valence-corrected chi connectivity index (χ2v) is 7.28. The smallest absolute Gasteiger partial charge is 0.132 e. The fraction of sp³-hybridized carbons (Fsp3) is 0.524. The number of rotatable bonds is 5. The van der Waals surface area contributed by atoms with E-state index in [9.17, 15) is 0 Å². The standard InChI is InChI=1S/C21H28N4O/c1-2-26-19-7-5-16(6-8-19)14-25-11-9-20-18(15-25)13-23-21(24-20)17-4-3-10-22-12-17/h5-8,13,17,22H,2-4,9-12,14-15H2,1H3/t17-/m1/s1. The first-order chi connectivity index (χ1) is 12.8. The van der Waals surface area contributed by atoms with E-state index in [4.69, 9.17) is 14.7 Å². The number of hydrogen-bond donors (Lipinski definition) is 1. The number of nitrogens with one attached hydrogen (secondary N) is 1. The van der Waals surface area contributed by atoms with Crippen LogP contribution in [0.5, 0.6) is 5.75 Å².